The van der Waals surface area contributed by atoms with Gasteiger partial charge in [-0.15, -0.1) is 0 Å². The van der Waals surface area contributed by atoms with Crippen LogP contribution in [0, 0.1) is 0 Å². The van der Waals surface area contributed by atoms with Gasteiger partial charge < -0.3 is 0 Å². The van der Waals surface area contributed by atoms with E-state index >= 15 is 0 Å². The number of allylic oxidation sites excluding steroid dienone is 1. The Kier molecular flexibility index (Phi) is 2.46. The second kappa shape index (κ2) is 4.01. The lowest BCUT2D eigenvalue weighted by Crippen LogP contribution is -2.37. The molecule has 1 unspecified atom stereocenters. The zero-order chi connectivity index (χ0) is 12.7. The first-order valence-corrected chi connectivity index (χ1v) is 5.50. The Bertz CT molecular complexity index is 606. The van der Waals surface area contributed by atoms with Crippen LogP contribution in [0.15, 0.2) is 40.2 Å². The number of aromatic nitrogens is 1. The average Bonchev–Trinajstić information content (AvgIpc) is 2.80. The molecule has 90 valence electrons. The Hall–Kier alpha value is -2.05. The van der Waals surface area contributed by atoms with Crippen molar-refractivity contribution in [2.45, 2.75) is 6.04 Å². The van der Waals surface area contributed by atoms with Crippen LogP contribution in [0.3, 0.4) is 0 Å². The van der Waals surface area contributed by atoms with E-state index in [2.05, 4.69) is 15.0 Å². The standard InChI is InChI=1S/C11H7ClN4O2/c12-6-1-2-7(14-3-6)10-11(17)15-8-4-13-5-9(8)16(10)18/h1-5,10,18H. The number of hydrogen-bond donors (Lipinski definition) is 1. The summed E-state index contributed by atoms with van der Waals surface area (Å²) in [6.07, 6.45) is 4.27. The number of pyridine rings is 1. The Morgan fingerprint density at radius 2 is 2.22 bits per heavy atom. The summed E-state index contributed by atoms with van der Waals surface area (Å²) in [5, 5.41) is 11.3. The Balaban J connectivity index is 2.03. The molecule has 1 atom stereocenters. The second-order valence-corrected chi connectivity index (χ2v) is 4.21. The zero-order valence-corrected chi connectivity index (χ0v) is 9.74. The van der Waals surface area contributed by atoms with Crippen LogP contribution in [0.2, 0.25) is 5.02 Å². The fourth-order valence-corrected chi connectivity index (χ4v) is 1.91. The van der Waals surface area contributed by atoms with Crippen molar-refractivity contribution >= 4 is 29.4 Å². The molecule has 1 aromatic rings. The largest absolute Gasteiger partial charge is 0.287 e. The number of amides is 1. The third kappa shape index (κ3) is 1.62. The summed E-state index contributed by atoms with van der Waals surface area (Å²) in [5.74, 6) is -0.493. The molecule has 3 rings (SSSR count). The molecular formula is C11H7ClN4O2. The molecular weight excluding hydrogens is 256 g/mol. The molecule has 0 radical (unpaired) electrons. The van der Waals surface area contributed by atoms with Gasteiger partial charge in [0.2, 0.25) is 0 Å². The predicted molar refractivity (Wildman–Crippen MR) is 64.6 cm³/mol. The highest BCUT2D eigenvalue weighted by molar-refractivity contribution is 6.42. The molecule has 3 heterocycles. The lowest BCUT2D eigenvalue weighted by molar-refractivity contribution is -0.142. The van der Waals surface area contributed by atoms with Crippen molar-refractivity contribution in [3.05, 3.63) is 40.9 Å². The molecule has 0 spiro atoms. The van der Waals surface area contributed by atoms with E-state index in [0.717, 1.165) is 5.06 Å². The van der Waals surface area contributed by atoms with E-state index in [-0.39, 0.29) is 0 Å². The first kappa shape index (κ1) is 11.1. The smallest absolute Gasteiger partial charge is 0.277 e. The lowest BCUT2D eigenvalue weighted by atomic mass is 10.1. The van der Waals surface area contributed by atoms with Gasteiger partial charge in [0.25, 0.3) is 5.91 Å². The van der Waals surface area contributed by atoms with E-state index in [1.807, 2.05) is 0 Å². The molecule has 7 heteroatoms. The van der Waals surface area contributed by atoms with Crippen molar-refractivity contribution < 1.29 is 10.0 Å². The summed E-state index contributed by atoms with van der Waals surface area (Å²) in [5.41, 5.74) is 1.12. The van der Waals surface area contributed by atoms with Crippen LogP contribution < -0.4 is 0 Å². The van der Waals surface area contributed by atoms with Gasteiger partial charge in [-0.3, -0.25) is 20.0 Å². The summed E-state index contributed by atoms with van der Waals surface area (Å²) in [7, 11) is 0. The minimum atomic E-state index is -0.959. The molecule has 6 nitrogen and oxygen atoms in total. The maximum absolute atomic E-state index is 11.9. The maximum atomic E-state index is 11.9. The molecule has 0 fully saturated rings. The van der Waals surface area contributed by atoms with Gasteiger partial charge >= 0.3 is 0 Å². The summed E-state index contributed by atoms with van der Waals surface area (Å²) < 4.78 is 0. The molecule has 0 saturated carbocycles. The predicted octanol–water partition coefficient (Wildman–Crippen LogP) is 1.37. The van der Waals surface area contributed by atoms with Crippen LogP contribution in [0.1, 0.15) is 11.7 Å². The normalized spacial score (nSPS) is 21.8. The maximum Gasteiger partial charge on any atom is 0.277 e. The van der Waals surface area contributed by atoms with E-state index in [9.17, 15) is 10.0 Å². The van der Waals surface area contributed by atoms with Gasteiger partial charge in [-0.2, -0.15) is 0 Å². The third-order valence-electron chi connectivity index (χ3n) is 2.64. The average molecular weight is 263 g/mol. The molecule has 1 aromatic heterocycles. The van der Waals surface area contributed by atoms with E-state index < -0.39 is 11.9 Å². The number of hydroxylamine groups is 2. The topological polar surface area (TPSA) is 78.2 Å². The van der Waals surface area contributed by atoms with Gasteiger partial charge in [-0.25, -0.2) is 10.1 Å². The van der Waals surface area contributed by atoms with Crippen LogP contribution in [0.5, 0.6) is 0 Å². The van der Waals surface area contributed by atoms with Gasteiger partial charge in [0, 0.05) is 6.20 Å². The quantitative estimate of drug-likeness (QED) is 0.829. The number of carbonyl (C=O) groups is 1. The number of fused-ring (bicyclic) bond motifs is 1. The lowest BCUT2D eigenvalue weighted by Gasteiger charge is -2.28. The zero-order valence-electron chi connectivity index (χ0n) is 8.99. The minimum absolute atomic E-state index is 0.354. The first-order valence-electron chi connectivity index (χ1n) is 5.12. The summed E-state index contributed by atoms with van der Waals surface area (Å²) in [6.45, 7) is 0. The van der Waals surface area contributed by atoms with Gasteiger partial charge in [0.05, 0.1) is 23.1 Å². The summed E-state index contributed by atoms with van der Waals surface area (Å²) in [4.78, 5) is 23.6. The number of aliphatic imine (C=N–C) groups is 2. The van der Waals surface area contributed by atoms with E-state index in [0.29, 0.717) is 22.1 Å². The Labute approximate surface area is 107 Å². The van der Waals surface area contributed by atoms with E-state index in [1.165, 1.54) is 18.6 Å². The monoisotopic (exact) mass is 262 g/mol. The molecule has 2 aliphatic heterocycles. The minimum Gasteiger partial charge on any atom is -0.287 e. The highest BCUT2D eigenvalue weighted by Crippen LogP contribution is 2.29. The van der Waals surface area contributed by atoms with Gasteiger partial charge in [0.1, 0.15) is 11.4 Å². The van der Waals surface area contributed by atoms with Crippen LogP contribution in [-0.4, -0.2) is 33.1 Å². The Morgan fingerprint density at radius 1 is 1.39 bits per heavy atom. The number of rotatable bonds is 1. The van der Waals surface area contributed by atoms with Crippen LogP contribution in [0.25, 0.3) is 0 Å². The summed E-state index contributed by atoms with van der Waals surface area (Å²) >= 11 is 5.73. The summed E-state index contributed by atoms with van der Waals surface area (Å²) in [6, 6.07) is 2.22. The molecule has 0 bridgehead atoms. The van der Waals surface area contributed by atoms with Crippen LogP contribution in [-0.2, 0) is 4.79 Å². The molecule has 0 aliphatic carbocycles. The van der Waals surface area contributed by atoms with Crippen molar-refractivity contribution in [1.82, 2.24) is 10.0 Å². The fraction of sp³-hybridized carbons (Fsp3) is 0.0909. The van der Waals surface area contributed by atoms with Crippen molar-refractivity contribution in [2.75, 3.05) is 0 Å². The molecule has 0 saturated heterocycles. The fourth-order valence-electron chi connectivity index (χ4n) is 1.80. The van der Waals surface area contributed by atoms with Crippen LogP contribution in [0.4, 0.5) is 0 Å². The van der Waals surface area contributed by atoms with E-state index in [1.54, 1.807) is 12.1 Å². The van der Waals surface area contributed by atoms with Gasteiger partial charge in [0.15, 0.2) is 6.04 Å². The molecule has 0 aromatic carbocycles. The number of nitrogens with zero attached hydrogens (tertiary/aromatic N) is 4. The molecule has 2 aliphatic rings. The molecule has 1 amide bonds. The first-order chi connectivity index (χ1) is 8.66. The number of halogens is 1. The van der Waals surface area contributed by atoms with Crippen molar-refractivity contribution in [3.63, 3.8) is 0 Å². The number of hydrogen-bond acceptors (Lipinski definition) is 5. The molecule has 1 N–H and O–H groups in total. The van der Waals surface area contributed by atoms with Crippen molar-refractivity contribution in [2.24, 2.45) is 9.98 Å². The van der Waals surface area contributed by atoms with Crippen molar-refractivity contribution in [3.8, 4) is 0 Å². The number of carbonyl (C=O) groups excluding carboxylic acids is 1. The van der Waals surface area contributed by atoms with Gasteiger partial charge in [-0.05, 0) is 12.1 Å². The van der Waals surface area contributed by atoms with E-state index in [4.69, 9.17) is 11.6 Å². The van der Waals surface area contributed by atoms with Crippen molar-refractivity contribution in [1.29, 1.82) is 0 Å². The third-order valence-corrected chi connectivity index (χ3v) is 2.87. The SMILES string of the molecule is O=C1N=C2C=NC=C2N(O)C1c1ccc(Cl)cn1. The van der Waals surface area contributed by atoms with Crippen LogP contribution >= 0.6 is 11.6 Å². The molecule has 18 heavy (non-hydrogen) atoms. The second-order valence-electron chi connectivity index (χ2n) is 3.78. The highest BCUT2D eigenvalue weighted by atomic mass is 35.5. The highest BCUT2D eigenvalue weighted by Gasteiger charge is 2.36. The Morgan fingerprint density at radius 3 is 2.94 bits per heavy atom. The van der Waals surface area contributed by atoms with Gasteiger partial charge in [-0.1, -0.05) is 11.6 Å².